The maximum atomic E-state index is 14.5. The van der Waals surface area contributed by atoms with E-state index in [0.29, 0.717) is 27.2 Å². The van der Waals surface area contributed by atoms with E-state index in [1.54, 1.807) is 28.3 Å². The van der Waals surface area contributed by atoms with Gasteiger partial charge in [-0.25, -0.2) is 33.3 Å². The Morgan fingerprint density at radius 2 is 0.981 bits per heavy atom. The first-order valence-corrected chi connectivity index (χ1v) is 18.4. The van der Waals surface area contributed by atoms with Crippen LogP contribution in [0.15, 0.2) is 120 Å². The van der Waals surface area contributed by atoms with Crippen LogP contribution in [0.25, 0.3) is 55.3 Å². The summed E-state index contributed by atoms with van der Waals surface area (Å²) in [5.41, 5.74) is 9.29. The van der Waals surface area contributed by atoms with Crippen molar-refractivity contribution >= 4 is 34.6 Å². The first kappa shape index (κ1) is 35.8. The number of hydrogen-bond acceptors (Lipinski definition) is 8. The van der Waals surface area contributed by atoms with Gasteiger partial charge in [-0.2, -0.15) is 10.2 Å². The third-order valence-corrected chi connectivity index (χ3v) is 10.3. The van der Waals surface area contributed by atoms with Gasteiger partial charge in [0.15, 0.2) is 11.4 Å². The summed E-state index contributed by atoms with van der Waals surface area (Å²) >= 11 is 2.42. The summed E-state index contributed by atoms with van der Waals surface area (Å²) in [7, 11) is 0. The minimum atomic E-state index is -1.11. The third-order valence-electron chi connectivity index (χ3n) is 8.65. The number of aryl methyl sites for hydroxylation is 1. The number of carbonyl (C=O) groups is 2. The lowest BCUT2D eigenvalue weighted by Crippen LogP contribution is -2.02. The zero-order valence-corrected chi connectivity index (χ0v) is 30.8. The Bertz CT molecular complexity index is 2450. The fourth-order valence-corrected chi connectivity index (χ4v) is 7.56. The van der Waals surface area contributed by atoms with Gasteiger partial charge < -0.3 is 10.2 Å². The molecule has 4 aromatic heterocycles. The van der Waals surface area contributed by atoms with Gasteiger partial charge in [-0.1, -0.05) is 97.1 Å². The number of hydrogen-bond donors (Lipinski definition) is 2. The van der Waals surface area contributed by atoms with Crippen LogP contribution in [0, 0.1) is 26.6 Å². The second kappa shape index (κ2) is 15.2. The van der Waals surface area contributed by atoms with E-state index in [1.165, 1.54) is 27.5 Å². The number of carboxylic acids is 2. The topological polar surface area (TPSA) is 136 Å². The van der Waals surface area contributed by atoms with Gasteiger partial charge >= 0.3 is 11.9 Å². The smallest absolute Gasteiger partial charge is 0.355 e. The molecule has 0 aliphatic heterocycles. The molecule has 0 atom stereocenters. The molecule has 4 heterocycles. The Kier molecular flexibility index (Phi) is 10.1. The fourth-order valence-electron chi connectivity index (χ4n) is 6.05. The summed E-state index contributed by atoms with van der Waals surface area (Å²) in [6, 6.07) is 34.1. The fraction of sp³-hybridized carbons (Fsp3) is 0.0732. The number of carboxylic acid groups (broad SMARTS) is 2. The Balaban J connectivity index is 0.000000167. The average molecular weight is 755 g/mol. The van der Waals surface area contributed by atoms with Crippen LogP contribution in [0.3, 0.4) is 0 Å². The highest BCUT2D eigenvalue weighted by Crippen LogP contribution is 2.37. The molecule has 13 heteroatoms. The maximum Gasteiger partial charge on any atom is 0.355 e. The van der Waals surface area contributed by atoms with E-state index in [1.807, 2.05) is 86.6 Å². The van der Waals surface area contributed by atoms with Crippen LogP contribution in [-0.4, -0.2) is 51.7 Å². The average Bonchev–Trinajstić information content (AvgIpc) is 3.99. The first-order chi connectivity index (χ1) is 26.1. The van der Waals surface area contributed by atoms with Gasteiger partial charge in [0.25, 0.3) is 0 Å². The molecule has 0 spiro atoms. The van der Waals surface area contributed by atoms with Crippen molar-refractivity contribution in [2.24, 2.45) is 0 Å². The quantitative estimate of drug-likeness (QED) is 0.157. The van der Waals surface area contributed by atoms with Gasteiger partial charge in [0, 0.05) is 44.1 Å². The lowest BCUT2D eigenvalue weighted by Gasteiger charge is -2.08. The number of aromatic nitrogens is 6. The lowest BCUT2D eigenvalue weighted by atomic mass is 10.00. The normalized spacial score (nSPS) is 10.9. The Morgan fingerprint density at radius 1 is 0.574 bits per heavy atom. The van der Waals surface area contributed by atoms with Crippen molar-refractivity contribution in [3.8, 4) is 55.3 Å². The summed E-state index contributed by atoms with van der Waals surface area (Å²) in [6.07, 6.45) is 0. The second-order valence-electron chi connectivity index (χ2n) is 12.1. The molecule has 0 bridgehead atoms. The molecule has 0 saturated carbocycles. The van der Waals surface area contributed by atoms with Crippen LogP contribution in [0.2, 0.25) is 0 Å². The zero-order valence-electron chi connectivity index (χ0n) is 29.1. The van der Waals surface area contributed by atoms with Gasteiger partial charge in [0.2, 0.25) is 10.3 Å². The molecule has 0 fully saturated rings. The SMILES string of the molecule is Cc1c(-c2ccccc2)nn(-c2nc(C(=O)O)cs2)c1-c1ccccc1F.Cc1ccccc1-c1c(C)c(-c2ccccc2)nn1-c1nc(C(=O)O)cs1. The maximum absolute atomic E-state index is 14.5. The van der Waals surface area contributed by atoms with Gasteiger partial charge in [0.1, 0.15) is 5.82 Å². The van der Waals surface area contributed by atoms with E-state index in [4.69, 9.17) is 10.2 Å². The summed E-state index contributed by atoms with van der Waals surface area (Å²) in [5, 5.41) is 31.7. The molecule has 54 heavy (non-hydrogen) atoms. The van der Waals surface area contributed by atoms with Gasteiger partial charge in [-0.15, -0.1) is 22.7 Å². The summed E-state index contributed by atoms with van der Waals surface area (Å²) in [5.74, 6) is -2.53. The van der Waals surface area contributed by atoms with E-state index in [-0.39, 0.29) is 17.2 Å². The molecule has 0 amide bonds. The number of rotatable bonds is 8. The van der Waals surface area contributed by atoms with Crippen molar-refractivity contribution in [3.63, 3.8) is 0 Å². The summed E-state index contributed by atoms with van der Waals surface area (Å²) in [4.78, 5) is 30.9. The largest absolute Gasteiger partial charge is 0.476 e. The van der Waals surface area contributed by atoms with Gasteiger partial charge in [0.05, 0.1) is 22.8 Å². The molecule has 4 aromatic carbocycles. The van der Waals surface area contributed by atoms with Gasteiger partial charge in [-0.3, -0.25) is 0 Å². The highest BCUT2D eigenvalue weighted by Gasteiger charge is 2.24. The van der Waals surface area contributed by atoms with Crippen LogP contribution >= 0.6 is 22.7 Å². The molecule has 0 aliphatic carbocycles. The number of aromatic carboxylic acids is 2. The molecule has 0 radical (unpaired) electrons. The van der Waals surface area contributed by atoms with Gasteiger partial charge in [-0.05, 0) is 38.5 Å². The summed E-state index contributed by atoms with van der Waals surface area (Å²) < 4.78 is 17.8. The molecule has 0 aliphatic rings. The summed E-state index contributed by atoms with van der Waals surface area (Å²) in [6.45, 7) is 5.97. The van der Waals surface area contributed by atoms with Crippen molar-refractivity contribution in [2.75, 3.05) is 0 Å². The molecule has 0 saturated heterocycles. The molecule has 8 aromatic rings. The van der Waals surface area contributed by atoms with E-state index in [9.17, 15) is 19.1 Å². The molecule has 268 valence electrons. The number of benzene rings is 4. The zero-order chi connectivity index (χ0) is 37.9. The number of thiazole rings is 2. The second-order valence-corrected chi connectivity index (χ2v) is 13.8. The monoisotopic (exact) mass is 754 g/mol. The van der Waals surface area contributed by atoms with E-state index in [0.717, 1.165) is 56.1 Å². The van der Waals surface area contributed by atoms with Crippen molar-refractivity contribution in [1.29, 1.82) is 0 Å². The first-order valence-electron chi connectivity index (χ1n) is 16.6. The van der Waals surface area contributed by atoms with Crippen LogP contribution in [0.5, 0.6) is 0 Å². The van der Waals surface area contributed by atoms with Crippen molar-refractivity contribution in [1.82, 2.24) is 29.5 Å². The Labute approximate surface area is 317 Å². The molecular weight excluding hydrogens is 724 g/mol. The minimum absolute atomic E-state index is 0.0279. The van der Waals surface area contributed by atoms with E-state index >= 15 is 0 Å². The Morgan fingerprint density at radius 3 is 1.41 bits per heavy atom. The minimum Gasteiger partial charge on any atom is -0.476 e. The third kappa shape index (κ3) is 6.97. The van der Waals surface area contributed by atoms with Crippen LogP contribution < -0.4 is 0 Å². The molecule has 2 N–H and O–H groups in total. The van der Waals surface area contributed by atoms with Crippen molar-refractivity contribution in [3.05, 3.63) is 154 Å². The van der Waals surface area contributed by atoms with Crippen molar-refractivity contribution in [2.45, 2.75) is 20.8 Å². The highest BCUT2D eigenvalue weighted by molar-refractivity contribution is 7.12. The van der Waals surface area contributed by atoms with Crippen LogP contribution in [0.1, 0.15) is 37.7 Å². The highest BCUT2D eigenvalue weighted by atomic mass is 32.1. The van der Waals surface area contributed by atoms with Crippen LogP contribution in [-0.2, 0) is 0 Å². The van der Waals surface area contributed by atoms with E-state index < -0.39 is 11.9 Å². The molecule has 8 rings (SSSR count). The predicted molar refractivity (Wildman–Crippen MR) is 208 cm³/mol. The molecule has 10 nitrogen and oxygen atoms in total. The number of nitrogens with zero attached hydrogens (tertiary/aromatic N) is 6. The Hall–Kier alpha value is -6.57. The standard InChI is InChI=1S/C21H17N3O2S.C20H14FN3O2S/c1-13-8-6-7-11-16(13)19-14(2)18(15-9-4-3-5-10-15)23-24(19)21-22-17(12-27-21)20(25)26;1-12-17(13-7-3-2-4-8-13)23-24(20-22-16(11-27-20)19(25)26)18(12)14-9-5-6-10-15(14)21/h3-12H,1-2H3,(H,25,26);2-11H,1H3,(H,25,26). The number of halogens is 1. The van der Waals surface area contributed by atoms with E-state index in [2.05, 4.69) is 34.1 Å². The lowest BCUT2D eigenvalue weighted by molar-refractivity contribution is 0.0680. The molecular formula is C41H31FN6O4S2. The molecule has 0 unspecified atom stereocenters. The van der Waals surface area contributed by atoms with Crippen LogP contribution in [0.4, 0.5) is 4.39 Å². The van der Waals surface area contributed by atoms with Crippen molar-refractivity contribution < 1.29 is 24.2 Å². The predicted octanol–water partition coefficient (Wildman–Crippen LogP) is 9.79.